The third-order valence-electron chi connectivity index (χ3n) is 7.05. The van der Waals surface area contributed by atoms with E-state index in [-0.39, 0.29) is 29.7 Å². The molecule has 4 rings (SSSR count). The van der Waals surface area contributed by atoms with E-state index in [1.807, 2.05) is 36.9 Å². The molecule has 2 bridgehead atoms. The summed E-state index contributed by atoms with van der Waals surface area (Å²) in [7, 11) is 0. The molecule has 3 aliphatic rings. The Bertz CT molecular complexity index is 833. The second kappa shape index (κ2) is 10.5. The van der Waals surface area contributed by atoms with E-state index in [4.69, 9.17) is 4.74 Å². The van der Waals surface area contributed by atoms with Crippen molar-refractivity contribution in [3.63, 3.8) is 0 Å². The molecule has 2 amide bonds. The van der Waals surface area contributed by atoms with Crippen molar-refractivity contribution in [2.75, 3.05) is 26.2 Å². The van der Waals surface area contributed by atoms with Gasteiger partial charge in [-0.2, -0.15) is 0 Å². The van der Waals surface area contributed by atoms with Crippen LogP contribution in [0.1, 0.15) is 51.5 Å². The van der Waals surface area contributed by atoms with Gasteiger partial charge in [0.25, 0.3) is 0 Å². The summed E-state index contributed by atoms with van der Waals surface area (Å²) in [6, 6.07) is 8.79. The van der Waals surface area contributed by atoms with Gasteiger partial charge in [0.2, 0.25) is 11.8 Å². The van der Waals surface area contributed by atoms with Gasteiger partial charge in [-0.25, -0.2) is 0 Å². The van der Waals surface area contributed by atoms with Crippen LogP contribution in [0, 0.1) is 11.8 Å². The average Bonchev–Trinajstić information content (AvgIpc) is 2.71. The Balaban J connectivity index is 1.53. The van der Waals surface area contributed by atoms with Crippen LogP contribution in [0.4, 0.5) is 0 Å². The number of rotatable bonds is 4. The Morgan fingerprint density at radius 1 is 1.19 bits per heavy atom. The Kier molecular flexibility index (Phi) is 7.51. The maximum absolute atomic E-state index is 13.3. The highest BCUT2D eigenvalue weighted by Crippen LogP contribution is 2.31. The molecule has 1 N–H and O–H groups in total. The van der Waals surface area contributed by atoms with Crippen LogP contribution in [-0.4, -0.2) is 59.9 Å². The van der Waals surface area contributed by atoms with Crippen LogP contribution in [0.15, 0.2) is 36.4 Å². The minimum atomic E-state index is 0.0995. The average molecular weight is 440 g/mol. The van der Waals surface area contributed by atoms with Gasteiger partial charge in [0.15, 0.2) is 0 Å². The number of ether oxygens (including phenoxy) is 1. The summed E-state index contributed by atoms with van der Waals surface area (Å²) in [5, 5.41) is 3.02. The van der Waals surface area contributed by atoms with Gasteiger partial charge < -0.3 is 15.0 Å². The van der Waals surface area contributed by atoms with Crippen molar-refractivity contribution in [1.29, 1.82) is 0 Å². The van der Waals surface area contributed by atoms with Gasteiger partial charge in [-0.3, -0.25) is 14.5 Å². The maximum atomic E-state index is 13.3. The van der Waals surface area contributed by atoms with Crippen molar-refractivity contribution >= 4 is 11.8 Å². The van der Waals surface area contributed by atoms with E-state index in [1.165, 1.54) is 6.42 Å². The van der Waals surface area contributed by atoms with Gasteiger partial charge in [-0.05, 0) is 51.0 Å². The topological polar surface area (TPSA) is 61.9 Å². The van der Waals surface area contributed by atoms with Crippen molar-refractivity contribution in [2.45, 2.75) is 64.6 Å². The molecule has 2 aliphatic heterocycles. The number of benzene rings is 1. The van der Waals surface area contributed by atoms with Crippen LogP contribution in [0.3, 0.4) is 0 Å². The second-order valence-corrected chi connectivity index (χ2v) is 9.82. The molecule has 2 heterocycles. The lowest BCUT2D eigenvalue weighted by Crippen LogP contribution is -2.50. The van der Waals surface area contributed by atoms with Crippen LogP contribution in [0.25, 0.3) is 0 Å². The third-order valence-corrected chi connectivity index (χ3v) is 7.05. The van der Waals surface area contributed by atoms with Crippen molar-refractivity contribution in [3.8, 4) is 5.75 Å². The summed E-state index contributed by atoms with van der Waals surface area (Å²) in [6.45, 7) is 7.08. The third kappa shape index (κ3) is 5.71. The van der Waals surface area contributed by atoms with Crippen LogP contribution in [0.2, 0.25) is 0 Å². The number of hydrogen-bond acceptors (Lipinski definition) is 4. The highest BCUT2D eigenvalue weighted by Gasteiger charge is 2.34. The fourth-order valence-electron chi connectivity index (χ4n) is 5.05. The number of fused-ring (bicyclic) bond motifs is 3. The first-order valence-electron chi connectivity index (χ1n) is 12.2. The lowest BCUT2D eigenvalue weighted by Gasteiger charge is -2.41. The smallest absolute Gasteiger partial charge is 0.236 e. The standard InChI is InChI=1S/C26H37N3O3/c1-19(2)27-25(30)15-20-12-13-28-16-21(20)8-6-14-32-24-11-4-3-7-22(24)17-29(18-26(28)31)23-9-5-10-23/h3-4,6-8,11,19-21,23H,5,9-10,12-18H2,1-2H3,(H,27,30)/b8-6-/t20-,21-/m0/s1. The van der Waals surface area contributed by atoms with Gasteiger partial charge in [0.05, 0.1) is 6.54 Å². The summed E-state index contributed by atoms with van der Waals surface area (Å²) in [5.74, 6) is 1.61. The van der Waals surface area contributed by atoms with Gasteiger partial charge in [0, 0.05) is 43.7 Å². The highest BCUT2D eigenvalue weighted by molar-refractivity contribution is 5.79. The molecular formula is C26H37N3O3. The molecule has 0 unspecified atom stereocenters. The number of hydrogen-bond donors (Lipinski definition) is 1. The largest absolute Gasteiger partial charge is 0.489 e. The molecule has 2 atom stereocenters. The maximum Gasteiger partial charge on any atom is 0.236 e. The molecule has 1 aromatic carbocycles. The van der Waals surface area contributed by atoms with Crippen LogP contribution in [0.5, 0.6) is 5.75 Å². The first-order chi connectivity index (χ1) is 15.5. The molecular weight excluding hydrogens is 402 g/mol. The number of carbonyl (C=O) groups is 2. The number of nitrogens with zero attached hydrogens (tertiary/aromatic N) is 2. The van der Waals surface area contributed by atoms with E-state index in [2.05, 4.69) is 28.4 Å². The molecule has 1 aromatic rings. The van der Waals surface area contributed by atoms with E-state index in [1.54, 1.807) is 0 Å². The number of piperidine rings is 1. The summed E-state index contributed by atoms with van der Waals surface area (Å²) >= 11 is 0. The summed E-state index contributed by atoms with van der Waals surface area (Å²) in [6.07, 6.45) is 9.15. The molecule has 6 heteroatoms. The molecule has 2 fully saturated rings. The Labute approximate surface area is 192 Å². The van der Waals surface area contributed by atoms with Gasteiger partial charge in [0.1, 0.15) is 12.4 Å². The molecule has 1 aliphatic carbocycles. The monoisotopic (exact) mass is 439 g/mol. The van der Waals surface area contributed by atoms with Gasteiger partial charge in [-0.1, -0.05) is 36.8 Å². The van der Waals surface area contributed by atoms with E-state index in [0.29, 0.717) is 32.2 Å². The van der Waals surface area contributed by atoms with E-state index in [9.17, 15) is 9.59 Å². The molecule has 0 radical (unpaired) electrons. The summed E-state index contributed by atoms with van der Waals surface area (Å²) < 4.78 is 6.12. The van der Waals surface area contributed by atoms with Gasteiger partial charge >= 0.3 is 0 Å². The molecule has 32 heavy (non-hydrogen) atoms. The van der Waals surface area contributed by atoms with Crippen molar-refractivity contribution < 1.29 is 14.3 Å². The van der Waals surface area contributed by atoms with E-state index < -0.39 is 0 Å². The first-order valence-corrected chi connectivity index (χ1v) is 12.2. The molecule has 0 aromatic heterocycles. The zero-order valence-electron chi connectivity index (χ0n) is 19.5. The second-order valence-electron chi connectivity index (χ2n) is 9.82. The predicted octanol–water partition coefficient (Wildman–Crippen LogP) is 3.37. The zero-order chi connectivity index (χ0) is 22.5. The lowest BCUT2D eigenvalue weighted by atomic mass is 9.82. The molecule has 6 nitrogen and oxygen atoms in total. The Hall–Kier alpha value is -2.34. The highest BCUT2D eigenvalue weighted by atomic mass is 16.5. The number of para-hydroxylation sites is 1. The Morgan fingerprint density at radius 3 is 2.75 bits per heavy atom. The Morgan fingerprint density at radius 2 is 2.00 bits per heavy atom. The normalized spacial score (nSPS) is 26.1. The fourth-order valence-corrected chi connectivity index (χ4v) is 5.05. The van der Waals surface area contributed by atoms with E-state index >= 15 is 0 Å². The number of nitrogens with one attached hydrogen (secondary N) is 1. The van der Waals surface area contributed by atoms with Crippen molar-refractivity contribution in [3.05, 3.63) is 42.0 Å². The van der Waals surface area contributed by atoms with Crippen molar-refractivity contribution in [1.82, 2.24) is 15.1 Å². The molecule has 1 saturated carbocycles. The number of amides is 2. The minimum Gasteiger partial charge on any atom is -0.489 e. The molecule has 1 saturated heterocycles. The van der Waals surface area contributed by atoms with Gasteiger partial charge in [-0.15, -0.1) is 0 Å². The lowest BCUT2D eigenvalue weighted by molar-refractivity contribution is -0.136. The van der Waals surface area contributed by atoms with Crippen LogP contribution in [-0.2, 0) is 16.1 Å². The van der Waals surface area contributed by atoms with E-state index in [0.717, 1.165) is 43.7 Å². The number of carbonyl (C=O) groups excluding carboxylic acids is 2. The SMILES string of the molecule is CC(C)NC(=O)C[C@@H]1CCN2C[C@@H]1/C=C\COc1ccccc1CN(C1CCC1)CC2=O. The van der Waals surface area contributed by atoms with Crippen LogP contribution < -0.4 is 10.1 Å². The van der Waals surface area contributed by atoms with Crippen molar-refractivity contribution in [2.24, 2.45) is 11.8 Å². The first kappa shape index (κ1) is 22.8. The fraction of sp³-hybridized carbons (Fsp3) is 0.615. The summed E-state index contributed by atoms with van der Waals surface area (Å²) in [5.41, 5.74) is 1.14. The predicted molar refractivity (Wildman–Crippen MR) is 125 cm³/mol. The zero-order valence-corrected chi connectivity index (χ0v) is 19.5. The summed E-state index contributed by atoms with van der Waals surface area (Å²) in [4.78, 5) is 30.1. The minimum absolute atomic E-state index is 0.0995. The molecule has 0 spiro atoms. The van der Waals surface area contributed by atoms with Crippen LogP contribution >= 0.6 is 0 Å². The quantitative estimate of drug-likeness (QED) is 0.731. The molecule has 174 valence electrons.